The second-order valence-corrected chi connectivity index (χ2v) is 8.07. The van der Waals surface area contributed by atoms with Crippen LogP contribution >= 0.6 is 0 Å². The Kier molecular flexibility index (Phi) is 7.18. The number of nitrogens with zero attached hydrogens (tertiary/aromatic N) is 3. The van der Waals surface area contributed by atoms with Crippen molar-refractivity contribution in [3.05, 3.63) is 53.6 Å². The number of rotatable bonds is 7. The summed E-state index contributed by atoms with van der Waals surface area (Å²) in [5.74, 6) is -2.91. The lowest BCUT2D eigenvalue weighted by Gasteiger charge is -2.27. The SMILES string of the molecule is COC(=O)[C@H]1CC[C@@H](Oc2cc(C)c(NC(=O)c3nnc(Nc4ccc(F)c(F)c4)o3)cn2)CC1. The van der Waals surface area contributed by atoms with Crippen LogP contribution in [0, 0.1) is 24.5 Å². The first-order valence-corrected chi connectivity index (χ1v) is 10.9. The molecule has 2 heterocycles. The molecular formula is C23H23F2N5O5. The number of pyridine rings is 1. The molecule has 35 heavy (non-hydrogen) atoms. The number of anilines is 3. The van der Waals surface area contributed by atoms with Gasteiger partial charge in [0.2, 0.25) is 5.88 Å². The van der Waals surface area contributed by atoms with E-state index in [1.54, 1.807) is 13.0 Å². The molecule has 0 radical (unpaired) electrons. The highest BCUT2D eigenvalue weighted by Gasteiger charge is 2.28. The van der Waals surface area contributed by atoms with E-state index < -0.39 is 17.5 Å². The maximum absolute atomic E-state index is 13.3. The van der Waals surface area contributed by atoms with Gasteiger partial charge in [-0.2, -0.15) is 0 Å². The molecule has 0 aliphatic heterocycles. The van der Waals surface area contributed by atoms with E-state index in [4.69, 9.17) is 13.9 Å². The molecule has 1 fully saturated rings. The number of nitrogens with one attached hydrogen (secondary N) is 2. The fourth-order valence-electron chi connectivity index (χ4n) is 3.72. The zero-order chi connectivity index (χ0) is 24.9. The van der Waals surface area contributed by atoms with Crippen molar-refractivity contribution in [3.63, 3.8) is 0 Å². The van der Waals surface area contributed by atoms with Gasteiger partial charge in [0.1, 0.15) is 6.10 Å². The van der Waals surface area contributed by atoms with Gasteiger partial charge < -0.3 is 24.5 Å². The highest BCUT2D eigenvalue weighted by molar-refractivity contribution is 6.01. The average molecular weight is 487 g/mol. The second kappa shape index (κ2) is 10.5. The third kappa shape index (κ3) is 5.89. The standard InChI is InChI=1S/C23H23F2N5O5/c1-12-9-19(34-15-6-3-13(4-7-15)22(32)33-2)26-11-18(12)28-20(31)21-29-30-23(35-21)27-14-5-8-16(24)17(25)10-14/h5,8-11,13,15H,3-4,6-7H2,1-2H3,(H,27,30)(H,28,31)/t13-,15+. The molecule has 0 unspecified atom stereocenters. The number of methoxy groups -OCH3 is 1. The molecule has 0 bridgehead atoms. The summed E-state index contributed by atoms with van der Waals surface area (Å²) < 4.78 is 42.4. The van der Waals surface area contributed by atoms with Gasteiger partial charge in [0.05, 0.1) is 24.9 Å². The molecule has 1 saturated carbocycles. The van der Waals surface area contributed by atoms with Crippen molar-refractivity contribution in [1.82, 2.24) is 15.2 Å². The molecule has 10 nitrogen and oxygen atoms in total. The number of benzene rings is 1. The third-order valence-electron chi connectivity index (χ3n) is 5.62. The summed E-state index contributed by atoms with van der Waals surface area (Å²) in [7, 11) is 1.39. The van der Waals surface area contributed by atoms with E-state index in [-0.39, 0.29) is 35.6 Å². The number of halogens is 2. The van der Waals surface area contributed by atoms with Crippen molar-refractivity contribution in [1.29, 1.82) is 0 Å². The van der Waals surface area contributed by atoms with Gasteiger partial charge in [-0.1, -0.05) is 5.10 Å². The molecule has 2 N–H and O–H groups in total. The number of hydrogen-bond acceptors (Lipinski definition) is 9. The van der Waals surface area contributed by atoms with Crippen LogP contribution in [0.1, 0.15) is 41.9 Å². The van der Waals surface area contributed by atoms with Crippen molar-refractivity contribution >= 4 is 29.3 Å². The summed E-state index contributed by atoms with van der Waals surface area (Å²) in [6, 6.07) is 4.68. The van der Waals surface area contributed by atoms with Crippen LogP contribution in [0.15, 0.2) is 34.9 Å². The summed E-state index contributed by atoms with van der Waals surface area (Å²) in [4.78, 5) is 28.4. The molecule has 4 rings (SSSR count). The van der Waals surface area contributed by atoms with Crippen molar-refractivity contribution in [3.8, 4) is 5.88 Å². The van der Waals surface area contributed by atoms with E-state index in [0.717, 1.165) is 25.0 Å². The Bertz CT molecular complexity index is 1230. The van der Waals surface area contributed by atoms with Crippen molar-refractivity contribution in [2.75, 3.05) is 17.7 Å². The Morgan fingerprint density at radius 3 is 2.54 bits per heavy atom. The van der Waals surface area contributed by atoms with Gasteiger partial charge in [0.25, 0.3) is 0 Å². The summed E-state index contributed by atoms with van der Waals surface area (Å²) in [5, 5.41) is 12.6. The molecule has 1 aliphatic rings. The molecule has 184 valence electrons. The van der Waals surface area contributed by atoms with E-state index in [9.17, 15) is 18.4 Å². The minimum Gasteiger partial charge on any atom is -0.474 e. The number of aromatic nitrogens is 3. The lowest BCUT2D eigenvalue weighted by atomic mass is 9.87. The Morgan fingerprint density at radius 2 is 1.86 bits per heavy atom. The van der Waals surface area contributed by atoms with Crippen LogP contribution in [0.2, 0.25) is 0 Å². The summed E-state index contributed by atoms with van der Waals surface area (Å²) in [6.07, 6.45) is 4.23. The zero-order valence-electron chi connectivity index (χ0n) is 19.0. The van der Waals surface area contributed by atoms with E-state index >= 15 is 0 Å². The quantitative estimate of drug-likeness (QED) is 0.472. The number of hydrogen-bond donors (Lipinski definition) is 2. The van der Waals surface area contributed by atoms with E-state index in [1.165, 1.54) is 19.4 Å². The average Bonchev–Trinajstić information content (AvgIpc) is 3.32. The zero-order valence-corrected chi connectivity index (χ0v) is 19.0. The fourth-order valence-corrected chi connectivity index (χ4v) is 3.72. The molecule has 0 saturated heterocycles. The first-order valence-electron chi connectivity index (χ1n) is 10.9. The third-order valence-corrected chi connectivity index (χ3v) is 5.62. The molecule has 1 aliphatic carbocycles. The van der Waals surface area contributed by atoms with Gasteiger partial charge in [-0.05, 0) is 50.3 Å². The van der Waals surface area contributed by atoms with Gasteiger partial charge >= 0.3 is 23.8 Å². The van der Waals surface area contributed by atoms with Crippen LogP contribution in [0.3, 0.4) is 0 Å². The normalized spacial score (nSPS) is 17.5. The first kappa shape index (κ1) is 24.0. The Morgan fingerprint density at radius 1 is 1.09 bits per heavy atom. The number of carbonyl (C=O) groups is 2. The van der Waals surface area contributed by atoms with E-state index in [2.05, 4.69) is 25.8 Å². The lowest BCUT2D eigenvalue weighted by molar-refractivity contribution is -0.147. The largest absolute Gasteiger partial charge is 0.474 e. The van der Waals surface area contributed by atoms with Gasteiger partial charge in [-0.15, -0.1) is 5.10 Å². The maximum Gasteiger partial charge on any atom is 0.320 e. The number of carbonyl (C=O) groups excluding carboxylic acids is 2. The van der Waals surface area contributed by atoms with Gasteiger partial charge in [0, 0.05) is 17.8 Å². The van der Waals surface area contributed by atoms with Gasteiger partial charge in [0.15, 0.2) is 11.6 Å². The lowest BCUT2D eigenvalue weighted by Crippen LogP contribution is -2.28. The summed E-state index contributed by atoms with van der Waals surface area (Å²) in [5.41, 5.74) is 1.30. The fraction of sp³-hybridized carbons (Fsp3) is 0.348. The van der Waals surface area contributed by atoms with Crippen LogP contribution in [0.4, 0.5) is 26.2 Å². The van der Waals surface area contributed by atoms with Crippen LogP contribution in [-0.2, 0) is 9.53 Å². The monoisotopic (exact) mass is 487 g/mol. The molecule has 0 spiro atoms. The van der Waals surface area contributed by atoms with Crippen molar-refractivity contribution in [2.24, 2.45) is 5.92 Å². The van der Waals surface area contributed by atoms with Crippen molar-refractivity contribution < 1.29 is 32.3 Å². The minimum absolute atomic E-state index is 0.0536. The summed E-state index contributed by atoms with van der Waals surface area (Å²) in [6.45, 7) is 1.78. The Balaban J connectivity index is 1.33. The molecular weight excluding hydrogens is 464 g/mol. The molecule has 3 aromatic rings. The topological polar surface area (TPSA) is 128 Å². The number of ether oxygens (including phenoxy) is 2. The Hall–Kier alpha value is -4.09. The van der Waals surface area contributed by atoms with Gasteiger partial charge in [-0.25, -0.2) is 13.8 Å². The number of esters is 1. The van der Waals surface area contributed by atoms with E-state index in [0.29, 0.717) is 30.0 Å². The molecule has 1 aromatic carbocycles. The highest BCUT2D eigenvalue weighted by atomic mass is 19.2. The molecule has 0 atom stereocenters. The van der Waals surface area contributed by atoms with Crippen LogP contribution < -0.4 is 15.4 Å². The predicted molar refractivity (Wildman–Crippen MR) is 119 cm³/mol. The van der Waals surface area contributed by atoms with Crippen LogP contribution in [0.5, 0.6) is 5.88 Å². The van der Waals surface area contributed by atoms with E-state index in [1.807, 2.05) is 0 Å². The molecule has 12 heteroatoms. The summed E-state index contributed by atoms with van der Waals surface area (Å²) >= 11 is 0. The smallest absolute Gasteiger partial charge is 0.320 e. The van der Waals surface area contributed by atoms with Crippen LogP contribution in [0.25, 0.3) is 0 Å². The van der Waals surface area contributed by atoms with Crippen LogP contribution in [-0.4, -0.2) is 40.3 Å². The minimum atomic E-state index is -1.04. The Labute approximate surface area is 199 Å². The number of aryl methyl sites for hydroxylation is 1. The maximum atomic E-state index is 13.3. The predicted octanol–water partition coefficient (Wildman–Crippen LogP) is 4.16. The first-order chi connectivity index (χ1) is 16.8. The molecule has 1 amide bonds. The van der Waals surface area contributed by atoms with Crippen molar-refractivity contribution in [2.45, 2.75) is 38.7 Å². The van der Waals surface area contributed by atoms with Gasteiger partial charge in [-0.3, -0.25) is 9.59 Å². The number of amides is 1. The molecule has 2 aromatic heterocycles. The second-order valence-electron chi connectivity index (χ2n) is 8.07. The highest BCUT2D eigenvalue weighted by Crippen LogP contribution is 2.29.